The Morgan fingerprint density at radius 1 is 1.33 bits per heavy atom. The summed E-state index contributed by atoms with van der Waals surface area (Å²) in [6.45, 7) is 0. The van der Waals surface area contributed by atoms with Crippen molar-refractivity contribution in [1.29, 1.82) is 0 Å². The number of rotatable bonds is 1. The maximum absolute atomic E-state index is 11.4. The van der Waals surface area contributed by atoms with Gasteiger partial charge in [-0.15, -0.1) is 0 Å². The van der Waals surface area contributed by atoms with E-state index in [-0.39, 0.29) is 16.2 Å². The van der Waals surface area contributed by atoms with Gasteiger partial charge in [0.15, 0.2) is 4.90 Å². The van der Waals surface area contributed by atoms with Crippen LogP contribution in [-0.4, -0.2) is 15.6 Å². The van der Waals surface area contributed by atoms with Crippen LogP contribution < -0.4 is 5.63 Å². The van der Waals surface area contributed by atoms with Crippen molar-refractivity contribution in [2.45, 2.75) is 4.90 Å². The molecular weight excluding hydrogens is 216 g/mol. The molecule has 0 saturated carbocycles. The first kappa shape index (κ1) is 9.92. The molecule has 4 nitrogen and oxygen atoms in total. The normalized spacial score (nSPS) is 12.9. The number of fused-ring (bicyclic) bond motifs is 1. The monoisotopic (exact) mass is 224 g/mol. The minimum atomic E-state index is -1.56. The average Bonchev–Trinajstić information content (AvgIpc) is 2.17. The van der Waals surface area contributed by atoms with E-state index in [1.165, 1.54) is 6.26 Å². The van der Waals surface area contributed by atoms with Gasteiger partial charge in [0.25, 0.3) is 0 Å². The molecule has 1 atom stereocenters. The lowest BCUT2D eigenvalue weighted by Gasteiger charge is -2.02. The number of hydrogen-bond acceptors (Lipinski definition) is 4. The van der Waals surface area contributed by atoms with Gasteiger partial charge in [-0.1, -0.05) is 12.1 Å². The van der Waals surface area contributed by atoms with Gasteiger partial charge in [-0.2, -0.15) is 0 Å². The van der Waals surface area contributed by atoms with Crippen molar-refractivity contribution in [1.82, 2.24) is 0 Å². The molecule has 0 aliphatic heterocycles. The number of benzene rings is 1. The van der Waals surface area contributed by atoms with E-state index >= 15 is 0 Å². The highest BCUT2D eigenvalue weighted by molar-refractivity contribution is 7.84. The summed E-state index contributed by atoms with van der Waals surface area (Å²) in [5, 5.41) is 10.1. The summed E-state index contributed by atoms with van der Waals surface area (Å²) in [5.41, 5.74) is -0.471. The van der Waals surface area contributed by atoms with E-state index in [1.54, 1.807) is 24.3 Å². The zero-order chi connectivity index (χ0) is 11.0. The highest BCUT2D eigenvalue weighted by Gasteiger charge is 2.16. The van der Waals surface area contributed by atoms with Crippen LogP contribution in [0.2, 0.25) is 0 Å². The summed E-state index contributed by atoms with van der Waals surface area (Å²) >= 11 is 0. The highest BCUT2D eigenvalue weighted by atomic mass is 32.2. The second-order valence-electron chi connectivity index (χ2n) is 3.02. The van der Waals surface area contributed by atoms with E-state index in [4.69, 9.17) is 4.42 Å². The molecule has 5 heteroatoms. The first-order valence-corrected chi connectivity index (χ1v) is 5.75. The van der Waals surface area contributed by atoms with Gasteiger partial charge in [-0.05, 0) is 12.1 Å². The first-order valence-electron chi connectivity index (χ1n) is 4.19. The lowest BCUT2D eigenvalue weighted by atomic mass is 10.2. The molecule has 0 saturated heterocycles. The van der Waals surface area contributed by atoms with Crippen LogP contribution in [0.3, 0.4) is 0 Å². The summed E-state index contributed by atoms with van der Waals surface area (Å²) in [7, 11) is -1.56. The van der Waals surface area contributed by atoms with Gasteiger partial charge in [0.1, 0.15) is 11.3 Å². The molecule has 1 aromatic carbocycles. The molecule has 0 amide bonds. The Bertz CT molecular complexity index is 600. The molecule has 2 rings (SSSR count). The molecule has 0 bridgehead atoms. The fourth-order valence-corrected chi connectivity index (χ4v) is 2.03. The van der Waals surface area contributed by atoms with Crippen LogP contribution in [0.5, 0.6) is 5.75 Å². The fourth-order valence-electron chi connectivity index (χ4n) is 1.37. The Kier molecular flexibility index (Phi) is 2.32. The molecule has 0 aliphatic carbocycles. The third-order valence-electron chi connectivity index (χ3n) is 2.03. The van der Waals surface area contributed by atoms with Gasteiger partial charge >= 0.3 is 5.63 Å². The van der Waals surface area contributed by atoms with Crippen molar-refractivity contribution in [2.75, 3.05) is 6.26 Å². The molecule has 1 heterocycles. The van der Waals surface area contributed by atoms with Gasteiger partial charge in [0.05, 0.1) is 16.2 Å². The van der Waals surface area contributed by atoms with Crippen LogP contribution in [0.4, 0.5) is 0 Å². The summed E-state index contributed by atoms with van der Waals surface area (Å²) in [6.07, 6.45) is 1.32. The Balaban J connectivity index is 2.97. The van der Waals surface area contributed by atoms with E-state index in [2.05, 4.69) is 0 Å². The van der Waals surface area contributed by atoms with Crippen LogP contribution in [0.1, 0.15) is 0 Å². The van der Waals surface area contributed by atoms with Crippen molar-refractivity contribution < 1.29 is 13.7 Å². The zero-order valence-corrected chi connectivity index (χ0v) is 8.71. The molecule has 1 N–H and O–H groups in total. The summed E-state index contributed by atoms with van der Waals surface area (Å²) in [5.74, 6) is -0.261. The molecule has 0 spiro atoms. The van der Waals surface area contributed by atoms with Gasteiger partial charge in [0.2, 0.25) is 0 Å². The minimum Gasteiger partial charge on any atom is -0.506 e. The summed E-state index contributed by atoms with van der Waals surface area (Å²) < 4.78 is 16.1. The largest absolute Gasteiger partial charge is 0.506 e. The Hall–Kier alpha value is -1.62. The van der Waals surface area contributed by atoms with Gasteiger partial charge < -0.3 is 9.52 Å². The molecule has 0 aliphatic rings. The molecular formula is C10H8O4S. The molecule has 1 unspecified atom stereocenters. The first-order chi connectivity index (χ1) is 7.11. The van der Waals surface area contributed by atoms with Gasteiger partial charge in [-0.25, -0.2) is 4.79 Å². The molecule has 78 valence electrons. The van der Waals surface area contributed by atoms with Crippen LogP contribution in [0.25, 0.3) is 11.0 Å². The second-order valence-corrected chi connectivity index (χ2v) is 4.33. The molecule has 0 fully saturated rings. The second kappa shape index (κ2) is 3.51. The fraction of sp³-hybridized carbons (Fsp3) is 0.100. The standard InChI is InChI=1S/C10H8O4S/c1-15(13)9-8(11)6-4-2-3-5-7(6)14-10(9)12/h2-5,11H,1H3. The minimum absolute atomic E-state index is 0.186. The van der Waals surface area contributed by atoms with E-state index in [1.807, 2.05) is 0 Å². The molecule has 2 aromatic rings. The van der Waals surface area contributed by atoms with Gasteiger partial charge in [-0.3, -0.25) is 4.21 Å². The van der Waals surface area contributed by atoms with Crippen molar-refractivity contribution in [3.8, 4) is 5.75 Å². The number of hydrogen-bond donors (Lipinski definition) is 1. The van der Waals surface area contributed by atoms with Crippen LogP contribution in [0, 0.1) is 0 Å². The zero-order valence-electron chi connectivity index (χ0n) is 7.89. The highest BCUT2D eigenvalue weighted by Crippen LogP contribution is 2.27. The smallest absolute Gasteiger partial charge is 0.356 e. The number of para-hydroxylation sites is 1. The quantitative estimate of drug-likeness (QED) is 0.740. The SMILES string of the molecule is CS(=O)c1c(O)c2ccccc2oc1=O. The molecule has 15 heavy (non-hydrogen) atoms. The Morgan fingerprint density at radius 2 is 2.00 bits per heavy atom. The van der Waals surface area contributed by atoms with Crippen molar-refractivity contribution in [3.05, 3.63) is 34.7 Å². The third-order valence-corrected chi connectivity index (χ3v) is 2.97. The van der Waals surface area contributed by atoms with Crippen LogP contribution >= 0.6 is 0 Å². The van der Waals surface area contributed by atoms with Crippen molar-refractivity contribution in [3.63, 3.8) is 0 Å². The van der Waals surface area contributed by atoms with E-state index < -0.39 is 16.4 Å². The van der Waals surface area contributed by atoms with Crippen LogP contribution in [-0.2, 0) is 10.8 Å². The Morgan fingerprint density at radius 3 is 2.67 bits per heavy atom. The predicted molar refractivity (Wildman–Crippen MR) is 56.5 cm³/mol. The van der Waals surface area contributed by atoms with E-state index in [9.17, 15) is 14.1 Å². The predicted octanol–water partition coefficient (Wildman–Crippen LogP) is 1.24. The topological polar surface area (TPSA) is 67.5 Å². The maximum Gasteiger partial charge on any atom is 0.356 e. The van der Waals surface area contributed by atoms with E-state index in [0.29, 0.717) is 5.39 Å². The number of aromatic hydroxyl groups is 1. The van der Waals surface area contributed by atoms with Crippen LogP contribution in [0.15, 0.2) is 38.4 Å². The summed E-state index contributed by atoms with van der Waals surface area (Å²) in [4.78, 5) is 11.2. The van der Waals surface area contributed by atoms with Crippen molar-refractivity contribution in [2.24, 2.45) is 0 Å². The lowest BCUT2D eigenvalue weighted by molar-refractivity contribution is 0.445. The molecule has 0 radical (unpaired) electrons. The average molecular weight is 224 g/mol. The maximum atomic E-state index is 11.4. The van der Waals surface area contributed by atoms with Crippen molar-refractivity contribution >= 4 is 21.8 Å². The molecule has 1 aromatic heterocycles. The van der Waals surface area contributed by atoms with Gasteiger partial charge in [0, 0.05) is 6.26 Å². The third kappa shape index (κ3) is 1.55. The van der Waals surface area contributed by atoms with E-state index in [0.717, 1.165) is 0 Å². The lowest BCUT2D eigenvalue weighted by Crippen LogP contribution is -2.08. The summed E-state index contributed by atoms with van der Waals surface area (Å²) in [6, 6.07) is 6.56. The Labute approximate surface area is 87.6 Å².